The summed E-state index contributed by atoms with van der Waals surface area (Å²) in [6, 6.07) is 3.90. The van der Waals surface area contributed by atoms with Crippen LogP contribution in [0.25, 0.3) is 0 Å². The summed E-state index contributed by atoms with van der Waals surface area (Å²) in [6.45, 7) is 6.50. The van der Waals surface area contributed by atoms with Gasteiger partial charge in [-0.15, -0.1) is 5.10 Å². The summed E-state index contributed by atoms with van der Waals surface area (Å²) in [6.07, 6.45) is 4.84. The van der Waals surface area contributed by atoms with Crippen LogP contribution in [0.3, 0.4) is 0 Å². The summed E-state index contributed by atoms with van der Waals surface area (Å²) in [4.78, 5) is 2.20. The van der Waals surface area contributed by atoms with E-state index in [-0.39, 0.29) is 0 Å². The first-order chi connectivity index (χ1) is 9.78. The summed E-state index contributed by atoms with van der Waals surface area (Å²) >= 11 is 0. The summed E-state index contributed by atoms with van der Waals surface area (Å²) in [5, 5.41) is 11.6. The Bertz CT molecular complexity index is 479. The van der Waals surface area contributed by atoms with Crippen molar-refractivity contribution in [2.75, 3.05) is 20.1 Å². The van der Waals surface area contributed by atoms with Gasteiger partial charge in [-0.05, 0) is 32.1 Å². The Hall–Kier alpha value is -1.66. The highest BCUT2D eigenvalue weighted by Crippen LogP contribution is 2.03. The van der Waals surface area contributed by atoms with Gasteiger partial charge in [0.2, 0.25) is 0 Å². The lowest BCUT2D eigenvalue weighted by Crippen LogP contribution is -2.22. The summed E-state index contributed by atoms with van der Waals surface area (Å²) in [7, 11) is 2.07. The van der Waals surface area contributed by atoms with Crippen molar-refractivity contribution in [3.05, 3.63) is 36.0 Å². The van der Waals surface area contributed by atoms with Crippen molar-refractivity contribution in [1.29, 1.82) is 0 Å². The van der Waals surface area contributed by atoms with Crippen LogP contribution in [0.5, 0.6) is 0 Å². The Morgan fingerprint density at radius 2 is 2.35 bits per heavy atom. The van der Waals surface area contributed by atoms with E-state index in [4.69, 9.17) is 4.42 Å². The molecule has 110 valence electrons. The molecular weight excluding hydrogens is 254 g/mol. The molecule has 0 saturated heterocycles. The number of likely N-dealkylation sites (N-methyl/N-ethyl adjacent to an activating group) is 1. The van der Waals surface area contributed by atoms with Crippen LogP contribution < -0.4 is 5.32 Å². The fourth-order valence-electron chi connectivity index (χ4n) is 1.94. The summed E-state index contributed by atoms with van der Waals surface area (Å²) in [5.74, 6) is 0.982. The van der Waals surface area contributed by atoms with Gasteiger partial charge in [0.25, 0.3) is 0 Å². The van der Waals surface area contributed by atoms with E-state index in [0.717, 1.165) is 50.6 Å². The molecule has 2 aromatic heterocycles. The highest BCUT2D eigenvalue weighted by atomic mass is 16.3. The van der Waals surface area contributed by atoms with Crippen molar-refractivity contribution < 1.29 is 4.42 Å². The minimum atomic E-state index is 0.788. The molecule has 2 heterocycles. The Morgan fingerprint density at radius 3 is 3.10 bits per heavy atom. The molecular formula is C14H23N5O. The number of furan rings is 1. The fourth-order valence-corrected chi connectivity index (χ4v) is 1.94. The molecule has 0 amide bonds. The van der Waals surface area contributed by atoms with E-state index in [2.05, 4.69) is 34.5 Å². The predicted molar refractivity (Wildman–Crippen MR) is 77.1 cm³/mol. The molecule has 0 radical (unpaired) electrons. The van der Waals surface area contributed by atoms with Crippen molar-refractivity contribution in [3.8, 4) is 0 Å². The molecule has 0 fully saturated rings. The number of rotatable bonds is 9. The molecule has 0 unspecified atom stereocenters. The number of hydrogen-bond acceptors (Lipinski definition) is 5. The van der Waals surface area contributed by atoms with E-state index in [9.17, 15) is 0 Å². The van der Waals surface area contributed by atoms with E-state index in [0.29, 0.717) is 0 Å². The first kappa shape index (κ1) is 14.7. The number of nitrogens with zero attached hydrogens (tertiary/aromatic N) is 4. The quantitative estimate of drug-likeness (QED) is 0.704. The van der Waals surface area contributed by atoms with Gasteiger partial charge >= 0.3 is 0 Å². The van der Waals surface area contributed by atoms with Crippen LogP contribution in [-0.2, 0) is 19.6 Å². The molecule has 1 N–H and O–H groups in total. The zero-order valence-electron chi connectivity index (χ0n) is 12.2. The molecule has 0 saturated carbocycles. The van der Waals surface area contributed by atoms with Crippen LogP contribution in [0.4, 0.5) is 0 Å². The molecule has 2 rings (SSSR count). The molecule has 0 aliphatic heterocycles. The minimum absolute atomic E-state index is 0.788. The summed E-state index contributed by atoms with van der Waals surface area (Å²) < 4.78 is 7.22. The third kappa shape index (κ3) is 4.79. The van der Waals surface area contributed by atoms with Crippen LogP contribution in [-0.4, -0.2) is 40.0 Å². The molecule has 0 spiro atoms. The van der Waals surface area contributed by atoms with E-state index >= 15 is 0 Å². The van der Waals surface area contributed by atoms with Crippen molar-refractivity contribution in [3.63, 3.8) is 0 Å². The zero-order chi connectivity index (χ0) is 14.2. The minimum Gasteiger partial charge on any atom is -0.468 e. The number of nitrogens with one attached hydrogen (secondary N) is 1. The molecule has 0 bridgehead atoms. The van der Waals surface area contributed by atoms with Crippen molar-refractivity contribution >= 4 is 0 Å². The zero-order valence-corrected chi connectivity index (χ0v) is 12.2. The molecule has 6 heteroatoms. The second-order valence-electron chi connectivity index (χ2n) is 4.97. The highest BCUT2D eigenvalue weighted by Gasteiger charge is 2.04. The van der Waals surface area contributed by atoms with Crippen molar-refractivity contribution in [2.24, 2.45) is 0 Å². The molecule has 0 atom stereocenters. The average Bonchev–Trinajstić information content (AvgIpc) is 3.08. The molecule has 20 heavy (non-hydrogen) atoms. The lowest BCUT2D eigenvalue weighted by atomic mass is 10.4. The summed E-state index contributed by atoms with van der Waals surface area (Å²) in [5.41, 5.74) is 0.993. The smallest absolute Gasteiger partial charge is 0.117 e. The SMILES string of the molecule is CCCNCc1cn(CCN(C)Cc2ccco2)nn1. The van der Waals surface area contributed by atoms with Crippen LogP contribution in [0.15, 0.2) is 29.0 Å². The van der Waals surface area contributed by atoms with Gasteiger partial charge in [-0.2, -0.15) is 0 Å². The first-order valence-electron chi connectivity index (χ1n) is 7.08. The van der Waals surface area contributed by atoms with E-state index in [1.807, 2.05) is 23.0 Å². The Kier molecular flexibility index (Phi) is 5.76. The predicted octanol–water partition coefficient (Wildman–Crippen LogP) is 1.50. The molecule has 0 aliphatic rings. The van der Waals surface area contributed by atoms with Gasteiger partial charge in [0.15, 0.2) is 0 Å². The van der Waals surface area contributed by atoms with Crippen LogP contribution in [0, 0.1) is 0 Å². The molecule has 6 nitrogen and oxygen atoms in total. The van der Waals surface area contributed by atoms with Gasteiger partial charge in [0, 0.05) is 19.3 Å². The monoisotopic (exact) mass is 277 g/mol. The largest absolute Gasteiger partial charge is 0.468 e. The Balaban J connectivity index is 1.70. The van der Waals surface area contributed by atoms with Gasteiger partial charge in [0.1, 0.15) is 5.76 Å². The first-order valence-corrected chi connectivity index (χ1v) is 7.08. The van der Waals surface area contributed by atoms with Crippen LogP contribution in [0.1, 0.15) is 24.8 Å². The molecule has 0 aliphatic carbocycles. The third-order valence-corrected chi connectivity index (χ3v) is 3.04. The highest BCUT2D eigenvalue weighted by molar-refractivity contribution is 4.97. The lowest BCUT2D eigenvalue weighted by Gasteiger charge is -2.14. The van der Waals surface area contributed by atoms with Gasteiger partial charge in [0.05, 0.1) is 25.0 Å². The maximum absolute atomic E-state index is 5.33. The molecule has 2 aromatic rings. The second kappa shape index (κ2) is 7.81. The normalized spacial score (nSPS) is 11.3. The standard InChI is InChI=1S/C14H23N5O/c1-3-6-15-10-13-11-19(17-16-13)8-7-18(2)12-14-5-4-9-20-14/h4-5,9,11,15H,3,6-8,10,12H2,1-2H3. The maximum atomic E-state index is 5.33. The van der Waals surface area contributed by atoms with E-state index in [1.165, 1.54) is 0 Å². The fraction of sp³-hybridized carbons (Fsp3) is 0.571. The van der Waals surface area contributed by atoms with Crippen molar-refractivity contribution in [1.82, 2.24) is 25.2 Å². The van der Waals surface area contributed by atoms with Gasteiger partial charge < -0.3 is 9.73 Å². The van der Waals surface area contributed by atoms with E-state index in [1.54, 1.807) is 6.26 Å². The van der Waals surface area contributed by atoms with Crippen LogP contribution in [0.2, 0.25) is 0 Å². The lowest BCUT2D eigenvalue weighted by molar-refractivity contribution is 0.278. The Morgan fingerprint density at radius 1 is 1.45 bits per heavy atom. The Labute approximate surface area is 119 Å². The second-order valence-corrected chi connectivity index (χ2v) is 4.97. The third-order valence-electron chi connectivity index (χ3n) is 3.04. The van der Waals surface area contributed by atoms with E-state index < -0.39 is 0 Å². The van der Waals surface area contributed by atoms with Gasteiger partial charge in [-0.1, -0.05) is 12.1 Å². The molecule has 0 aromatic carbocycles. The topological polar surface area (TPSA) is 59.1 Å². The average molecular weight is 277 g/mol. The maximum Gasteiger partial charge on any atom is 0.117 e. The van der Waals surface area contributed by atoms with Gasteiger partial charge in [-0.25, -0.2) is 0 Å². The van der Waals surface area contributed by atoms with Crippen LogP contribution >= 0.6 is 0 Å². The number of aromatic nitrogens is 3. The van der Waals surface area contributed by atoms with Crippen molar-refractivity contribution in [2.45, 2.75) is 33.0 Å². The van der Waals surface area contributed by atoms with Gasteiger partial charge in [-0.3, -0.25) is 9.58 Å². The number of hydrogen-bond donors (Lipinski definition) is 1.